The van der Waals surface area contributed by atoms with Gasteiger partial charge in [0.25, 0.3) is 0 Å². The zero-order valence-electron chi connectivity index (χ0n) is 22.4. The topological polar surface area (TPSA) is 38.4 Å². The van der Waals surface area contributed by atoms with Crippen LogP contribution in [0.4, 0.5) is 5.69 Å². The van der Waals surface area contributed by atoms with Gasteiger partial charge < -0.3 is 19.7 Å². The van der Waals surface area contributed by atoms with E-state index in [0.29, 0.717) is 5.92 Å². The first kappa shape index (κ1) is 25.0. The van der Waals surface area contributed by atoms with Crippen LogP contribution < -0.4 is 4.90 Å². The molecule has 0 saturated carbocycles. The number of fused-ring (bicyclic) bond motifs is 1. The lowest BCUT2D eigenvalue weighted by molar-refractivity contribution is 0.129. The van der Waals surface area contributed by atoms with Crippen molar-refractivity contribution in [3.8, 4) is 11.1 Å². The number of anilines is 1. The lowest BCUT2D eigenvalue weighted by Gasteiger charge is -2.44. The molecule has 196 valence electrons. The second-order valence-corrected chi connectivity index (χ2v) is 11.1. The van der Waals surface area contributed by atoms with Gasteiger partial charge in [0.1, 0.15) is 11.5 Å². The van der Waals surface area contributed by atoms with Crippen molar-refractivity contribution in [1.82, 2.24) is 19.8 Å². The van der Waals surface area contributed by atoms with Crippen molar-refractivity contribution in [1.29, 1.82) is 0 Å². The van der Waals surface area contributed by atoms with Crippen molar-refractivity contribution in [3.05, 3.63) is 95.0 Å². The summed E-state index contributed by atoms with van der Waals surface area (Å²) in [6, 6.07) is 17.7. The highest BCUT2D eigenvalue weighted by molar-refractivity contribution is 6.38. The van der Waals surface area contributed by atoms with Crippen molar-refractivity contribution >= 4 is 28.3 Å². The summed E-state index contributed by atoms with van der Waals surface area (Å²) in [5, 5.41) is 1.80. The van der Waals surface area contributed by atoms with Gasteiger partial charge in [0.15, 0.2) is 0 Å². The van der Waals surface area contributed by atoms with Gasteiger partial charge in [0.2, 0.25) is 0 Å². The number of benzene rings is 2. The Morgan fingerprint density at radius 3 is 2.68 bits per heavy atom. The molecule has 0 bridgehead atoms. The van der Waals surface area contributed by atoms with Crippen LogP contribution in [0.5, 0.6) is 0 Å². The summed E-state index contributed by atoms with van der Waals surface area (Å²) in [5.41, 5.74) is 8.05. The van der Waals surface area contributed by atoms with E-state index in [1.807, 2.05) is 12.4 Å². The molecule has 2 aliphatic rings. The first-order valence-corrected chi connectivity index (χ1v) is 14.1. The number of H-pyrrole nitrogens is 1. The van der Waals surface area contributed by atoms with E-state index in [1.54, 1.807) is 0 Å². The highest BCUT2D eigenvalue weighted by Crippen LogP contribution is 2.37. The summed E-state index contributed by atoms with van der Waals surface area (Å²) in [5.74, 6) is 1.75. The van der Waals surface area contributed by atoms with Crippen LogP contribution in [0.3, 0.4) is 0 Å². The molecule has 2 aromatic carbocycles. The lowest BCUT2D eigenvalue weighted by Crippen LogP contribution is -2.50. The van der Waals surface area contributed by atoms with E-state index < -0.39 is 0 Å². The van der Waals surface area contributed by atoms with Crippen LogP contribution in [-0.2, 0) is 6.42 Å². The van der Waals surface area contributed by atoms with Crippen LogP contribution in [0.15, 0.2) is 73.3 Å². The number of aryl methyl sites for hydroxylation is 2. The maximum atomic E-state index is 6.93. The van der Waals surface area contributed by atoms with Gasteiger partial charge in [-0.05, 0) is 48.6 Å². The Balaban J connectivity index is 1.13. The van der Waals surface area contributed by atoms with E-state index in [9.17, 15) is 0 Å². The number of pyridine rings is 1. The van der Waals surface area contributed by atoms with Crippen molar-refractivity contribution in [2.75, 3.05) is 44.2 Å². The number of nitrogens with zero attached hydrogens (tertiary/aromatic N) is 4. The zero-order chi connectivity index (χ0) is 26.2. The minimum absolute atomic E-state index is 0.666. The average molecular weight is 526 g/mol. The molecule has 0 spiro atoms. The monoisotopic (exact) mass is 525 g/mol. The molecule has 2 saturated heterocycles. The van der Waals surface area contributed by atoms with Crippen LogP contribution in [0, 0.1) is 6.92 Å². The number of aromatic nitrogens is 2. The molecule has 0 unspecified atom stereocenters. The molecule has 0 aliphatic carbocycles. The molecule has 6 rings (SSSR count). The third-order valence-electron chi connectivity index (χ3n) is 8.25. The van der Waals surface area contributed by atoms with Crippen LogP contribution >= 0.6 is 11.6 Å². The lowest BCUT2D eigenvalue weighted by atomic mass is 9.91. The summed E-state index contributed by atoms with van der Waals surface area (Å²) in [6.07, 6.45) is 5.93. The van der Waals surface area contributed by atoms with E-state index >= 15 is 0 Å². The molecule has 2 aliphatic heterocycles. The maximum absolute atomic E-state index is 6.93. The summed E-state index contributed by atoms with van der Waals surface area (Å²) >= 11 is 6.93. The van der Waals surface area contributed by atoms with E-state index in [4.69, 9.17) is 11.6 Å². The summed E-state index contributed by atoms with van der Waals surface area (Å²) in [6.45, 7) is 15.2. The van der Waals surface area contributed by atoms with Crippen LogP contribution in [0.1, 0.15) is 36.0 Å². The van der Waals surface area contributed by atoms with Gasteiger partial charge in [0.05, 0.1) is 5.02 Å². The number of hydrogen-bond donors (Lipinski definition) is 1. The molecule has 2 fully saturated rings. The van der Waals surface area contributed by atoms with Gasteiger partial charge in [-0.2, -0.15) is 0 Å². The van der Waals surface area contributed by atoms with Gasteiger partial charge in [0, 0.05) is 74.2 Å². The molecular formula is C32H36ClN5. The molecule has 0 atom stereocenters. The number of rotatable bonds is 7. The number of aromatic amines is 1. The molecule has 0 radical (unpaired) electrons. The van der Waals surface area contributed by atoms with Crippen molar-refractivity contribution < 1.29 is 0 Å². The van der Waals surface area contributed by atoms with Gasteiger partial charge in [-0.1, -0.05) is 67.1 Å². The Labute approximate surface area is 230 Å². The summed E-state index contributed by atoms with van der Waals surface area (Å²) in [4.78, 5) is 15.3. The molecule has 0 amide bonds. The number of likely N-dealkylation sites (tertiary alicyclic amines) is 1. The van der Waals surface area contributed by atoms with Crippen LogP contribution in [0.25, 0.3) is 22.2 Å². The Kier molecular flexibility index (Phi) is 6.89. The predicted octanol–water partition coefficient (Wildman–Crippen LogP) is 6.84. The van der Waals surface area contributed by atoms with Crippen LogP contribution in [-0.4, -0.2) is 59.0 Å². The normalized spacial score (nSPS) is 16.9. The molecular weight excluding hydrogens is 490 g/mol. The second-order valence-electron chi connectivity index (χ2n) is 10.7. The maximum Gasteiger partial charge on any atom is 0.139 e. The van der Waals surface area contributed by atoms with E-state index in [1.165, 1.54) is 16.7 Å². The Morgan fingerprint density at radius 1 is 1.08 bits per heavy atom. The number of nitrogens with one attached hydrogen (secondary N) is 1. The van der Waals surface area contributed by atoms with Crippen molar-refractivity contribution in [3.63, 3.8) is 0 Å². The SMILES string of the molecule is C=C1N(CCN2CC(c3ccc(C)cc3)C2)CCCN1c1cccc(-c2cnc3[nH]cc(CC)c3c2Cl)c1. The Hall–Kier alpha value is -3.28. The average Bonchev–Trinajstić information content (AvgIpc) is 3.34. The van der Waals surface area contributed by atoms with Gasteiger partial charge in [-0.25, -0.2) is 4.98 Å². The molecule has 4 aromatic rings. The predicted molar refractivity (Wildman–Crippen MR) is 159 cm³/mol. The molecule has 2 aromatic heterocycles. The van der Waals surface area contributed by atoms with Crippen LogP contribution in [0.2, 0.25) is 5.02 Å². The second kappa shape index (κ2) is 10.5. The molecule has 5 nitrogen and oxygen atoms in total. The van der Waals surface area contributed by atoms with Crippen molar-refractivity contribution in [2.24, 2.45) is 0 Å². The Morgan fingerprint density at radius 2 is 1.89 bits per heavy atom. The van der Waals surface area contributed by atoms with Gasteiger partial charge in [-0.15, -0.1) is 0 Å². The first-order valence-electron chi connectivity index (χ1n) is 13.8. The molecule has 38 heavy (non-hydrogen) atoms. The number of halogens is 1. The summed E-state index contributed by atoms with van der Waals surface area (Å²) in [7, 11) is 0. The highest BCUT2D eigenvalue weighted by Gasteiger charge is 2.29. The minimum Gasteiger partial charge on any atom is -0.357 e. The first-order chi connectivity index (χ1) is 18.5. The molecule has 1 N–H and O–H groups in total. The van der Waals surface area contributed by atoms with E-state index in [0.717, 1.165) is 90.8 Å². The third-order valence-corrected chi connectivity index (χ3v) is 8.64. The fourth-order valence-electron chi connectivity index (χ4n) is 5.87. The zero-order valence-corrected chi connectivity index (χ0v) is 23.1. The highest BCUT2D eigenvalue weighted by atomic mass is 35.5. The smallest absolute Gasteiger partial charge is 0.139 e. The summed E-state index contributed by atoms with van der Waals surface area (Å²) < 4.78 is 0. The van der Waals surface area contributed by atoms with E-state index in [-0.39, 0.29) is 0 Å². The minimum atomic E-state index is 0.666. The van der Waals surface area contributed by atoms with E-state index in [2.05, 4.69) is 93.6 Å². The Bertz CT molecular complexity index is 1450. The number of hydrogen-bond acceptors (Lipinski definition) is 4. The standard InChI is InChI=1S/C32H36ClN5/c1-4-24-18-34-32-30(24)31(33)29(19-35-32)26-7-5-8-28(17-26)38-14-6-13-37(23(38)3)16-15-36-20-27(21-36)25-11-9-22(2)10-12-25/h5,7-12,17-19,27H,3-4,6,13-16,20-21H2,1-2H3,(H,34,35). The fraction of sp³-hybridized carbons (Fsp3) is 0.344. The third kappa shape index (κ3) is 4.70. The van der Waals surface area contributed by atoms with Gasteiger partial charge >= 0.3 is 0 Å². The molecule has 6 heteroatoms. The molecule has 4 heterocycles. The fourth-order valence-corrected chi connectivity index (χ4v) is 6.24. The quantitative estimate of drug-likeness (QED) is 0.287. The van der Waals surface area contributed by atoms with Gasteiger partial charge in [-0.3, -0.25) is 0 Å². The van der Waals surface area contributed by atoms with Crippen molar-refractivity contribution in [2.45, 2.75) is 32.6 Å². The largest absolute Gasteiger partial charge is 0.357 e.